The Morgan fingerprint density at radius 3 is 2.40 bits per heavy atom. The van der Waals surface area contributed by atoms with Crippen molar-refractivity contribution in [2.24, 2.45) is 0 Å². The molecule has 168 valence electrons. The highest BCUT2D eigenvalue weighted by molar-refractivity contribution is 5.91. The number of hydrogen-bond acceptors (Lipinski definition) is 8. The molecule has 1 amide bonds. The maximum atomic E-state index is 12.3. The molecule has 0 aliphatic heterocycles. The van der Waals surface area contributed by atoms with Gasteiger partial charge in [0, 0.05) is 25.3 Å². The Kier molecular flexibility index (Phi) is 9.16. The topological polar surface area (TPSA) is 164 Å². The summed E-state index contributed by atoms with van der Waals surface area (Å²) in [5.41, 5.74) is 14.9. The zero-order valence-electron chi connectivity index (χ0n) is 18.1. The van der Waals surface area contributed by atoms with E-state index in [0.29, 0.717) is 17.8 Å². The maximum absolute atomic E-state index is 12.3. The predicted molar refractivity (Wildman–Crippen MR) is 118 cm³/mol. The van der Waals surface area contributed by atoms with Gasteiger partial charge < -0.3 is 21.1 Å². The van der Waals surface area contributed by atoms with Gasteiger partial charge in [-0.25, -0.2) is 19.8 Å². The number of unbranched alkanes of at least 4 members (excludes halogenated alkanes) is 2. The quantitative estimate of drug-likeness (QED) is 0.118. The van der Waals surface area contributed by atoms with E-state index in [2.05, 4.69) is 4.90 Å². The van der Waals surface area contributed by atoms with E-state index in [1.165, 1.54) is 0 Å². The summed E-state index contributed by atoms with van der Waals surface area (Å²) >= 11 is 0. The van der Waals surface area contributed by atoms with Crippen molar-refractivity contribution in [1.82, 2.24) is 10.3 Å². The lowest BCUT2D eigenvalue weighted by molar-refractivity contribution is -0.526. The Bertz CT molecular complexity index is 749. The number of nitro groups is 1. The van der Waals surface area contributed by atoms with Crippen molar-refractivity contribution in [3.63, 3.8) is 0 Å². The van der Waals surface area contributed by atoms with Gasteiger partial charge in [0.1, 0.15) is 5.60 Å². The molecule has 0 aliphatic rings. The second-order valence-corrected chi connectivity index (χ2v) is 7.81. The van der Waals surface area contributed by atoms with Gasteiger partial charge in [-0.15, -0.1) is 0 Å². The lowest BCUT2D eigenvalue weighted by Crippen LogP contribution is -2.48. The van der Waals surface area contributed by atoms with E-state index < -0.39 is 22.7 Å². The maximum Gasteiger partial charge on any atom is 0.417 e. The number of rotatable bonds is 9. The van der Waals surface area contributed by atoms with Crippen molar-refractivity contribution in [3.8, 4) is 0 Å². The summed E-state index contributed by atoms with van der Waals surface area (Å²) < 4.78 is 5.25. The Balaban J connectivity index is 2.61. The lowest BCUT2D eigenvalue weighted by Gasteiger charge is -2.27. The van der Waals surface area contributed by atoms with Crippen molar-refractivity contribution in [3.05, 3.63) is 28.3 Å². The third kappa shape index (κ3) is 8.41. The number of nitrogens with zero attached hydrogens (tertiary/aromatic N) is 3. The highest BCUT2D eigenvalue weighted by Crippen LogP contribution is 2.25. The number of carbonyl (C=O) groups excluding carboxylic acids is 1. The summed E-state index contributed by atoms with van der Waals surface area (Å²) in [6.07, 6.45) is 1.31. The lowest BCUT2D eigenvalue weighted by atomic mass is 10.2. The first-order valence-corrected chi connectivity index (χ1v) is 9.84. The second kappa shape index (κ2) is 11.1. The first kappa shape index (κ1) is 24.8. The first-order valence-electron chi connectivity index (χ1n) is 9.84. The molecule has 0 radical (unpaired) electrons. The minimum absolute atomic E-state index is 0.130. The molecule has 0 saturated heterocycles. The molecule has 0 atom stereocenters. The molecule has 0 heterocycles. The SMILES string of the molecule is CCN(CCCCCN(C(=N)N[N+](=O)[O-])C(=O)OC(C)(C)C)c1ccc(N)cc1N. The van der Waals surface area contributed by atoms with E-state index in [1.54, 1.807) is 38.3 Å². The summed E-state index contributed by atoms with van der Waals surface area (Å²) in [5.74, 6) is -0.626. The molecule has 0 saturated carbocycles. The Labute approximate surface area is 177 Å². The van der Waals surface area contributed by atoms with Crippen LogP contribution in [-0.4, -0.2) is 47.2 Å². The van der Waals surface area contributed by atoms with Gasteiger partial charge in [-0.2, -0.15) is 0 Å². The van der Waals surface area contributed by atoms with Crippen molar-refractivity contribution >= 4 is 29.1 Å². The van der Waals surface area contributed by atoms with Gasteiger partial charge in [-0.05, 0) is 65.2 Å². The number of benzene rings is 1. The molecule has 0 aliphatic carbocycles. The molecule has 11 nitrogen and oxygen atoms in total. The fourth-order valence-corrected chi connectivity index (χ4v) is 2.82. The van der Waals surface area contributed by atoms with Crippen LogP contribution in [0.3, 0.4) is 0 Å². The second-order valence-electron chi connectivity index (χ2n) is 7.81. The molecule has 0 fully saturated rings. The van der Waals surface area contributed by atoms with Crippen LogP contribution >= 0.6 is 0 Å². The molecule has 0 bridgehead atoms. The van der Waals surface area contributed by atoms with Crippen LogP contribution in [0.2, 0.25) is 0 Å². The number of ether oxygens (including phenoxy) is 1. The van der Waals surface area contributed by atoms with Crippen LogP contribution in [0.25, 0.3) is 0 Å². The summed E-state index contributed by atoms with van der Waals surface area (Å²) in [5, 5.41) is 17.5. The third-order valence-electron chi connectivity index (χ3n) is 4.16. The fraction of sp³-hybridized carbons (Fsp3) is 0.579. The fourth-order valence-electron chi connectivity index (χ4n) is 2.82. The van der Waals surface area contributed by atoms with E-state index in [4.69, 9.17) is 21.6 Å². The molecule has 30 heavy (non-hydrogen) atoms. The van der Waals surface area contributed by atoms with Gasteiger partial charge in [-0.1, -0.05) is 5.43 Å². The van der Waals surface area contributed by atoms with Crippen molar-refractivity contribution in [1.29, 1.82) is 5.41 Å². The van der Waals surface area contributed by atoms with Crippen molar-refractivity contribution < 1.29 is 14.6 Å². The van der Waals surface area contributed by atoms with Crippen molar-refractivity contribution in [2.45, 2.75) is 52.6 Å². The first-order chi connectivity index (χ1) is 13.9. The molecule has 1 rings (SSSR count). The molecule has 0 unspecified atom stereocenters. The van der Waals surface area contributed by atoms with E-state index >= 15 is 0 Å². The number of guanidine groups is 1. The number of hydrogen-bond donors (Lipinski definition) is 4. The van der Waals surface area contributed by atoms with Crippen LogP contribution < -0.4 is 21.8 Å². The van der Waals surface area contributed by atoms with E-state index in [1.807, 2.05) is 13.0 Å². The van der Waals surface area contributed by atoms with Crippen LogP contribution in [-0.2, 0) is 4.74 Å². The van der Waals surface area contributed by atoms with Crippen molar-refractivity contribution in [2.75, 3.05) is 36.0 Å². The molecule has 11 heteroatoms. The third-order valence-corrected chi connectivity index (χ3v) is 4.16. The Hall–Kier alpha value is -3.24. The Morgan fingerprint density at radius 1 is 1.23 bits per heavy atom. The number of nitrogens with one attached hydrogen (secondary N) is 2. The van der Waals surface area contributed by atoms with Crippen LogP contribution in [0.4, 0.5) is 21.9 Å². The summed E-state index contributed by atoms with van der Waals surface area (Å²) in [6.45, 7) is 8.76. The van der Waals surface area contributed by atoms with Gasteiger partial charge >= 0.3 is 6.09 Å². The van der Waals surface area contributed by atoms with E-state index in [-0.39, 0.29) is 6.54 Å². The Morgan fingerprint density at radius 2 is 1.87 bits per heavy atom. The highest BCUT2D eigenvalue weighted by Gasteiger charge is 2.26. The minimum atomic E-state index is -0.879. The van der Waals surface area contributed by atoms with E-state index in [0.717, 1.165) is 36.5 Å². The molecular formula is C19H33N7O4. The largest absolute Gasteiger partial charge is 0.443 e. The van der Waals surface area contributed by atoms with Gasteiger partial charge in [0.05, 0.1) is 11.4 Å². The number of carbonyl (C=O) groups is 1. The van der Waals surface area contributed by atoms with Gasteiger partial charge in [-0.3, -0.25) is 5.41 Å². The number of hydrazine groups is 1. The zero-order valence-corrected chi connectivity index (χ0v) is 18.1. The average molecular weight is 424 g/mol. The minimum Gasteiger partial charge on any atom is -0.443 e. The normalized spacial score (nSPS) is 10.9. The van der Waals surface area contributed by atoms with Gasteiger partial charge in [0.25, 0.3) is 5.96 Å². The highest BCUT2D eigenvalue weighted by atomic mass is 16.7. The average Bonchev–Trinajstić information content (AvgIpc) is 2.59. The van der Waals surface area contributed by atoms with Crippen LogP contribution in [0.1, 0.15) is 47.0 Å². The number of nitrogens with two attached hydrogens (primary N) is 2. The predicted octanol–water partition coefficient (Wildman–Crippen LogP) is 2.80. The van der Waals surface area contributed by atoms with Gasteiger partial charge in [0.15, 0.2) is 5.03 Å². The zero-order chi connectivity index (χ0) is 22.9. The van der Waals surface area contributed by atoms with Crippen LogP contribution in [0.15, 0.2) is 18.2 Å². The molecule has 0 spiro atoms. The summed E-state index contributed by atoms with van der Waals surface area (Å²) in [4.78, 5) is 26.0. The monoisotopic (exact) mass is 423 g/mol. The smallest absolute Gasteiger partial charge is 0.417 e. The molecular weight excluding hydrogens is 390 g/mol. The number of amides is 1. The molecule has 1 aromatic rings. The standard InChI is InChI=1S/C19H33N7O4/c1-5-24(16-10-9-14(20)13-15(16)21)11-7-6-8-12-25(17(22)23-26(28)29)18(27)30-19(2,3)4/h9-10,13H,5-8,11-12,20-21H2,1-4H3,(H2,22,23). The molecule has 1 aromatic carbocycles. The summed E-state index contributed by atoms with van der Waals surface area (Å²) in [7, 11) is 0. The van der Waals surface area contributed by atoms with Gasteiger partial charge in [0.2, 0.25) is 0 Å². The van der Waals surface area contributed by atoms with Crippen LogP contribution in [0.5, 0.6) is 0 Å². The molecule has 0 aromatic heterocycles. The van der Waals surface area contributed by atoms with E-state index in [9.17, 15) is 14.9 Å². The number of anilines is 3. The number of nitrogen functional groups attached to an aromatic ring is 2. The molecule has 6 N–H and O–H groups in total. The summed E-state index contributed by atoms with van der Waals surface area (Å²) in [6, 6.07) is 5.43. The van der Waals surface area contributed by atoms with Crippen LogP contribution in [0, 0.1) is 15.5 Å².